The summed E-state index contributed by atoms with van der Waals surface area (Å²) in [6.45, 7) is 1.47. The zero-order valence-electron chi connectivity index (χ0n) is 15.8. The van der Waals surface area contributed by atoms with Crippen LogP contribution in [0.4, 0.5) is 4.39 Å². The van der Waals surface area contributed by atoms with Crippen molar-refractivity contribution in [1.29, 1.82) is 0 Å². The van der Waals surface area contributed by atoms with Gasteiger partial charge in [0, 0.05) is 24.4 Å². The zero-order chi connectivity index (χ0) is 20.2. The van der Waals surface area contributed by atoms with Gasteiger partial charge in [0.05, 0.1) is 44.3 Å². The van der Waals surface area contributed by atoms with Gasteiger partial charge in [0.2, 0.25) is 0 Å². The predicted molar refractivity (Wildman–Crippen MR) is 103 cm³/mol. The molecule has 3 aromatic rings. The number of halogens is 1. The minimum absolute atomic E-state index is 0.177. The molecule has 1 N–H and O–H groups in total. The van der Waals surface area contributed by atoms with E-state index >= 15 is 0 Å². The summed E-state index contributed by atoms with van der Waals surface area (Å²) in [5.41, 5.74) is 1.53. The molecule has 29 heavy (non-hydrogen) atoms. The smallest absolute Gasteiger partial charge is 0.254 e. The minimum Gasteiger partial charge on any atom is -0.496 e. The molecule has 8 nitrogen and oxygen atoms in total. The molecule has 1 aliphatic heterocycles. The molecule has 0 aliphatic carbocycles. The molecule has 0 saturated heterocycles. The Bertz CT molecular complexity index is 1060. The Morgan fingerprint density at radius 3 is 3.00 bits per heavy atom. The molecule has 0 saturated carbocycles. The lowest BCUT2D eigenvalue weighted by atomic mass is 10.1. The van der Waals surface area contributed by atoms with Crippen LogP contribution >= 0.6 is 0 Å². The van der Waals surface area contributed by atoms with Crippen LogP contribution in [0.15, 0.2) is 47.7 Å². The van der Waals surface area contributed by atoms with Crippen molar-refractivity contribution in [1.82, 2.24) is 24.8 Å². The highest BCUT2D eigenvalue weighted by atomic mass is 19.1. The topological polar surface area (TPSA) is 91.2 Å². The molecule has 0 amide bonds. The molecule has 1 aromatic carbocycles. The first kappa shape index (κ1) is 19.2. The van der Waals surface area contributed by atoms with Gasteiger partial charge in [-0.25, -0.2) is 19.3 Å². The van der Waals surface area contributed by atoms with Crippen LogP contribution in [-0.4, -0.2) is 39.8 Å². The lowest BCUT2D eigenvalue weighted by Crippen LogP contribution is -2.32. The van der Waals surface area contributed by atoms with Crippen LogP contribution in [0.1, 0.15) is 17.4 Å². The molecular formula is C20H20FN5O3. The average molecular weight is 397 g/mol. The van der Waals surface area contributed by atoms with E-state index in [1.54, 1.807) is 22.9 Å². The maximum atomic E-state index is 13.7. The van der Waals surface area contributed by atoms with Crippen molar-refractivity contribution in [3.63, 3.8) is 0 Å². The molecule has 0 spiro atoms. The minimum atomic E-state index is -0.361. The normalized spacial score (nSPS) is 16.1. The van der Waals surface area contributed by atoms with Crippen molar-refractivity contribution in [2.75, 3.05) is 20.3 Å². The summed E-state index contributed by atoms with van der Waals surface area (Å²) in [7, 11) is 1.54. The average Bonchev–Trinajstić information content (AvgIpc) is 2.95. The maximum absolute atomic E-state index is 13.7. The lowest BCUT2D eigenvalue weighted by Gasteiger charge is -2.19. The fourth-order valence-electron chi connectivity index (χ4n) is 3.29. The number of methoxy groups -OCH3 is 1. The second-order valence-corrected chi connectivity index (χ2v) is 6.55. The largest absolute Gasteiger partial charge is 0.496 e. The van der Waals surface area contributed by atoms with Gasteiger partial charge in [0.15, 0.2) is 0 Å². The highest BCUT2D eigenvalue weighted by Gasteiger charge is 2.23. The Hall–Kier alpha value is -3.17. The highest BCUT2D eigenvalue weighted by molar-refractivity contribution is 5.52. The fraction of sp³-hybridized carbons (Fsp3) is 0.300. The molecule has 0 radical (unpaired) electrons. The summed E-state index contributed by atoms with van der Waals surface area (Å²) < 4.78 is 26.2. The van der Waals surface area contributed by atoms with Crippen molar-refractivity contribution in [2.45, 2.75) is 19.1 Å². The third-order valence-electron chi connectivity index (χ3n) is 4.72. The number of aromatic nitrogens is 4. The van der Waals surface area contributed by atoms with Gasteiger partial charge < -0.3 is 14.8 Å². The van der Waals surface area contributed by atoms with Gasteiger partial charge in [0.1, 0.15) is 23.7 Å². The van der Waals surface area contributed by atoms with Crippen LogP contribution in [0, 0.1) is 5.82 Å². The van der Waals surface area contributed by atoms with Gasteiger partial charge in [-0.2, -0.15) is 0 Å². The van der Waals surface area contributed by atoms with Crippen molar-refractivity contribution in [3.8, 4) is 17.1 Å². The number of ether oxygens (including phenoxy) is 2. The van der Waals surface area contributed by atoms with Crippen molar-refractivity contribution in [2.24, 2.45) is 0 Å². The van der Waals surface area contributed by atoms with Crippen LogP contribution in [-0.2, 0) is 17.8 Å². The number of nitrogens with zero attached hydrogens (tertiary/aromatic N) is 4. The van der Waals surface area contributed by atoms with Gasteiger partial charge in [-0.3, -0.25) is 9.36 Å². The quantitative estimate of drug-likeness (QED) is 0.701. The van der Waals surface area contributed by atoms with Crippen molar-refractivity contribution < 1.29 is 13.9 Å². The molecule has 1 aliphatic rings. The number of benzene rings is 1. The van der Waals surface area contributed by atoms with Crippen LogP contribution in [0.3, 0.4) is 0 Å². The van der Waals surface area contributed by atoms with Gasteiger partial charge >= 0.3 is 0 Å². The molecule has 9 heteroatoms. The van der Waals surface area contributed by atoms with Gasteiger partial charge in [-0.05, 0) is 24.3 Å². The van der Waals surface area contributed by atoms with Crippen LogP contribution in [0.2, 0.25) is 0 Å². The first-order chi connectivity index (χ1) is 14.2. The van der Waals surface area contributed by atoms with E-state index in [2.05, 4.69) is 20.3 Å². The number of nitrogens with one attached hydrogen (secondary N) is 1. The zero-order valence-corrected chi connectivity index (χ0v) is 15.8. The van der Waals surface area contributed by atoms with Crippen molar-refractivity contribution in [3.05, 3.63) is 70.4 Å². The van der Waals surface area contributed by atoms with Gasteiger partial charge in [-0.1, -0.05) is 0 Å². The van der Waals surface area contributed by atoms with Crippen LogP contribution < -0.4 is 15.6 Å². The Morgan fingerprint density at radius 1 is 1.31 bits per heavy atom. The monoisotopic (exact) mass is 397 g/mol. The van der Waals surface area contributed by atoms with Crippen molar-refractivity contribution >= 4 is 0 Å². The summed E-state index contributed by atoms with van der Waals surface area (Å²) in [4.78, 5) is 25.5. The Morgan fingerprint density at radius 2 is 2.21 bits per heavy atom. The SMILES string of the molecule is COc1ccc(F)cc1CNC1COCCn2c1nc(-c1ccncn1)cc2=O. The molecule has 1 atom stereocenters. The van der Waals surface area contributed by atoms with E-state index in [9.17, 15) is 9.18 Å². The molecule has 4 rings (SSSR count). The maximum Gasteiger partial charge on any atom is 0.254 e. The second kappa shape index (κ2) is 8.46. The molecule has 150 valence electrons. The first-order valence-corrected chi connectivity index (χ1v) is 9.17. The third-order valence-corrected chi connectivity index (χ3v) is 4.72. The van der Waals surface area contributed by atoms with E-state index < -0.39 is 0 Å². The van der Waals surface area contributed by atoms with E-state index in [0.717, 1.165) is 0 Å². The summed E-state index contributed by atoms with van der Waals surface area (Å²) >= 11 is 0. The summed E-state index contributed by atoms with van der Waals surface area (Å²) in [5.74, 6) is 0.785. The van der Waals surface area contributed by atoms with E-state index in [0.29, 0.717) is 54.8 Å². The molecule has 1 unspecified atom stereocenters. The number of hydrogen-bond donors (Lipinski definition) is 1. The second-order valence-electron chi connectivity index (χ2n) is 6.55. The predicted octanol–water partition coefficient (Wildman–Crippen LogP) is 1.71. The number of hydrogen-bond acceptors (Lipinski definition) is 7. The Labute approximate surface area is 166 Å². The molecular weight excluding hydrogens is 377 g/mol. The van der Waals surface area contributed by atoms with Crippen LogP contribution in [0.25, 0.3) is 11.4 Å². The van der Waals surface area contributed by atoms with E-state index in [1.165, 1.54) is 31.6 Å². The standard InChI is InChI=1S/C20H20FN5O3/c1-28-18-3-2-14(21)8-13(18)10-23-17-11-29-7-6-26-19(27)9-16(25-20(17)26)15-4-5-22-12-24-15/h2-5,8-9,12,17,23H,6-7,10-11H2,1H3. The van der Waals surface area contributed by atoms with Gasteiger partial charge in [-0.15, -0.1) is 0 Å². The molecule has 0 bridgehead atoms. The van der Waals surface area contributed by atoms with E-state index in [1.807, 2.05) is 0 Å². The lowest BCUT2D eigenvalue weighted by molar-refractivity contribution is 0.117. The van der Waals surface area contributed by atoms with Gasteiger partial charge in [0.25, 0.3) is 5.56 Å². The highest BCUT2D eigenvalue weighted by Crippen LogP contribution is 2.22. The molecule has 2 aromatic heterocycles. The Kier molecular flexibility index (Phi) is 5.59. The van der Waals surface area contributed by atoms with E-state index in [-0.39, 0.29) is 17.4 Å². The number of fused-ring (bicyclic) bond motifs is 1. The summed E-state index contributed by atoms with van der Waals surface area (Å²) in [6, 6.07) is 7.15. The van der Waals surface area contributed by atoms with E-state index in [4.69, 9.17) is 9.47 Å². The molecule has 0 fully saturated rings. The Balaban J connectivity index is 1.67. The molecule has 3 heterocycles. The van der Waals surface area contributed by atoms with Crippen LogP contribution in [0.5, 0.6) is 5.75 Å². The summed E-state index contributed by atoms with van der Waals surface area (Å²) in [6.07, 6.45) is 3.01. The fourth-order valence-corrected chi connectivity index (χ4v) is 3.29. The number of rotatable bonds is 5. The summed E-state index contributed by atoms with van der Waals surface area (Å²) in [5, 5.41) is 3.32. The first-order valence-electron chi connectivity index (χ1n) is 9.17. The third kappa shape index (κ3) is 4.15.